The van der Waals surface area contributed by atoms with Crippen molar-refractivity contribution in [1.82, 2.24) is 20.1 Å². The number of benzene rings is 2. The van der Waals surface area contributed by atoms with Crippen molar-refractivity contribution >= 4 is 22.5 Å². The van der Waals surface area contributed by atoms with Gasteiger partial charge in [0.05, 0.1) is 17.4 Å². The van der Waals surface area contributed by atoms with Crippen LogP contribution >= 0.6 is 0 Å². The highest BCUT2D eigenvalue weighted by molar-refractivity contribution is 6.11. The number of aromatic nitrogens is 3. The summed E-state index contributed by atoms with van der Waals surface area (Å²) >= 11 is 0. The van der Waals surface area contributed by atoms with Gasteiger partial charge < -0.3 is 5.32 Å². The third-order valence-electron chi connectivity index (χ3n) is 6.20. The quantitative estimate of drug-likeness (QED) is 0.415. The third-order valence-corrected chi connectivity index (χ3v) is 6.20. The Balaban J connectivity index is 1.47. The normalized spacial score (nSPS) is 14.4. The monoisotopic (exact) mass is 461 g/mol. The van der Waals surface area contributed by atoms with Crippen LogP contribution in [0.2, 0.25) is 0 Å². The van der Waals surface area contributed by atoms with E-state index in [2.05, 4.69) is 25.4 Å². The number of pyridine rings is 1. The van der Waals surface area contributed by atoms with Crippen LogP contribution < -0.4 is 5.32 Å². The summed E-state index contributed by atoms with van der Waals surface area (Å²) in [6, 6.07) is 11.6. The third kappa shape index (κ3) is 4.54. The number of carbonyl (C=O) groups excluding carboxylic acids is 1. The molecule has 8 heteroatoms. The van der Waals surface area contributed by atoms with Crippen LogP contribution in [0.4, 0.5) is 14.5 Å². The molecule has 0 atom stereocenters. The van der Waals surface area contributed by atoms with Crippen molar-refractivity contribution in [2.75, 3.05) is 18.4 Å². The van der Waals surface area contributed by atoms with E-state index in [-0.39, 0.29) is 11.3 Å². The van der Waals surface area contributed by atoms with Crippen LogP contribution in [0.5, 0.6) is 0 Å². The summed E-state index contributed by atoms with van der Waals surface area (Å²) in [6.45, 7) is 4.36. The first kappa shape index (κ1) is 22.2. The molecule has 0 radical (unpaired) electrons. The molecule has 34 heavy (non-hydrogen) atoms. The number of H-pyrrole nitrogens is 1. The number of halogens is 2. The zero-order chi connectivity index (χ0) is 23.7. The number of likely N-dealkylation sites (tertiary alicyclic amines) is 1. The first-order valence-electron chi connectivity index (χ1n) is 11.4. The Morgan fingerprint density at radius 2 is 1.91 bits per heavy atom. The van der Waals surface area contributed by atoms with Gasteiger partial charge in [-0.25, -0.2) is 8.78 Å². The lowest BCUT2D eigenvalue weighted by atomic mass is 9.99. The van der Waals surface area contributed by atoms with Gasteiger partial charge in [-0.1, -0.05) is 12.5 Å². The van der Waals surface area contributed by atoms with Crippen molar-refractivity contribution in [3.8, 4) is 11.1 Å². The maximum absolute atomic E-state index is 14.9. The van der Waals surface area contributed by atoms with Crippen LogP contribution in [0.3, 0.4) is 0 Å². The SMILES string of the molecule is Cc1ccc(NC(=O)c2n[nH]c3ccc(-c4cc(CN5CCCCC5)cc(F)c4F)cc23)cn1. The fourth-order valence-electron chi connectivity index (χ4n) is 4.41. The minimum atomic E-state index is -0.901. The zero-order valence-electron chi connectivity index (χ0n) is 18.9. The summed E-state index contributed by atoms with van der Waals surface area (Å²) in [5, 5.41) is 10.3. The van der Waals surface area contributed by atoms with E-state index < -0.39 is 17.5 Å². The van der Waals surface area contributed by atoms with Crippen molar-refractivity contribution in [3.05, 3.63) is 77.2 Å². The fraction of sp³-hybridized carbons (Fsp3) is 0.269. The molecule has 1 aliphatic heterocycles. The molecule has 3 heterocycles. The molecule has 0 unspecified atom stereocenters. The van der Waals surface area contributed by atoms with Gasteiger partial charge in [0.15, 0.2) is 17.3 Å². The number of hydrogen-bond donors (Lipinski definition) is 2. The maximum atomic E-state index is 14.9. The number of rotatable bonds is 5. The molecule has 4 aromatic rings. The predicted octanol–water partition coefficient (Wildman–Crippen LogP) is 5.45. The summed E-state index contributed by atoms with van der Waals surface area (Å²) in [4.78, 5) is 19.3. The molecule has 5 rings (SSSR count). The Bertz CT molecular complexity index is 1340. The van der Waals surface area contributed by atoms with Gasteiger partial charge in [0.1, 0.15) is 0 Å². The largest absolute Gasteiger partial charge is 0.319 e. The van der Waals surface area contributed by atoms with E-state index in [1.165, 1.54) is 12.5 Å². The molecular weight excluding hydrogens is 436 g/mol. The number of anilines is 1. The lowest BCUT2D eigenvalue weighted by Crippen LogP contribution is -2.29. The van der Waals surface area contributed by atoms with E-state index >= 15 is 0 Å². The van der Waals surface area contributed by atoms with Crippen LogP contribution in [-0.2, 0) is 6.54 Å². The lowest BCUT2D eigenvalue weighted by molar-refractivity contribution is 0.102. The van der Waals surface area contributed by atoms with E-state index in [0.29, 0.717) is 28.7 Å². The lowest BCUT2D eigenvalue weighted by Gasteiger charge is -2.26. The molecule has 1 saturated heterocycles. The molecular formula is C26H25F2N5O. The number of fused-ring (bicyclic) bond motifs is 1. The van der Waals surface area contributed by atoms with E-state index in [1.807, 2.05) is 6.92 Å². The number of aryl methyl sites for hydroxylation is 1. The highest BCUT2D eigenvalue weighted by atomic mass is 19.2. The van der Waals surface area contributed by atoms with Crippen molar-refractivity contribution in [3.63, 3.8) is 0 Å². The fourth-order valence-corrected chi connectivity index (χ4v) is 4.41. The average Bonchev–Trinajstić information content (AvgIpc) is 3.27. The molecule has 2 aromatic heterocycles. The predicted molar refractivity (Wildman–Crippen MR) is 128 cm³/mol. The summed E-state index contributed by atoms with van der Waals surface area (Å²) in [5.74, 6) is -2.19. The van der Waals surface area contributed by atoms with Crippen LogP contribution in [0.25, 0.3) is 22.0 Å². The first-order chi connectivity index (χ1) is 16.5. The van der Waals surface area contributed by atoms with Crippen LogP contribution in [0, 0.1) is 18.6 Å². The molecule has 1 fully saturated rings. The number of nitrogens with one attached hydrogen (secondary N) is 2. The van der Waals surface area contributed by atoms with Crippen molar-refractivity contribution in [2.24, 2.45) is 0 Å². The molecule has 0 bridgehead atoms. The van der Waals surface area contributed by atoms with Gasteiger partial charge in [0.2, 0.25) is 0 Å². The summed E-state index contributed by atoms with van der Waals surface area (Å²) in [5.41, 5.74) is 3.56. The zero-order valence-corrected chi connectivity index (χ0v) is 18.9. The second-order valence-electron chi connectivity index (χ2n) is 8.75. The Morgan fingerprint density at radius 1 is 1.09 bits per heavy atom. The second kappa shape index (κ2) is 9.30. The Kier molecular flexibility index (Phi) is 6.06. The van der Waals surface area contributed by atoms with Crippen molar-refractivity contribution < 1.29 is 13.6 Å². The van der Waals surface area contributed by atoms with Crippen LogP contribution in [-0.4, -0.2) is 39.1 Å². The van der Waals surface area contributed by atoms with Gasteiger partial charge in [-0.15, -0.1) is 0 Å². The standard InChI is InChI=1S/C26H25F2N5O/c1-16-5-7-19(14-29-16)30-26(34)25-21-13-18(6-8-23(21)31-32-25)20-11-17(12-22(27)24(20)28)15-33-9-3-2-4-10-33/h5-8,11-14H,2-4,9-10,15H2,1H3,(H,30,34)(H,31,32). The second-order valence-corrected chi connectivity index (χ2v) is 8.75. The highest BCUT2D eigenvalue weighted by Gasteiger charge is 2.19. The molecule has 174 valence electrons. The Hall–Kier alpha value is -3.65. The number of amides is 1. The van der Waals surface area contributed by atoms with Crippen LogP contribution in [0.15, 0.2) is 48.7 Å². The number of aromatic amines is 1. The van der Waals surface area contributed by atoms with E-state index in [9.17, 15) is 13.6 Å². The van der Waals surface area contributed by atoms with Gasteiger partial charge >= 0.3 is 0 Å². The number of carbonyl (C=O) groups is 1. The topological polar surface area (TPSA) is 73.9 Å². The molecule has 0 saturated carbocycles. The average molecular weight is 462 g/mol. The molecule has 1 aliphatic rings. The molecule has 2 aromatic carbocycles. The molecule has 0 spiro atoms. The van der Waals surface area contributed by atoms with Gasteiger partial charge in [0.25, 0.3) is 5.91 Å². The van der Waals surface area contributed by atoms with Crippen molar-refractivity contribution in [2.45, 2.75) is 32.7 Å². The minimum absolute atomic E-state index is 0.169. The Morgan fingerprint density at radius 3 is 2.68 bits per heavy atom. The molecule has 1 amide bonds. The van der Waals surface area contributed by atoms with Gasteiger partial charge in [-0.05, 0) is 80.4 Å². The first-order valence-corrected chi connectivity index (χ1v) is 11.4. The van der Waals surface area contributed by atoms with Crippen molar-refractivity contribution in [1.29, 1.82) is 0 Å². The number of nitrogens with zero attached hydrogens (tertiary/aromatic N) is 3. The summed E-state index contributed by atoms with van der Waals surface area (Å²) in [6.07, 6.45) is 5.02. The maximum Gasteiger partial charge on any atom is 0.276 e. The number of piperidine rings is 1. The van der Waals surface area contributed by atoms with E-state index in [4.69, 9.17) is 0 Å². The molecule has 0 aliphatic carbocycles. The minimum Gasteiger partial charge on any atom is -0.319 e. The molecule has 6 nitrogen and oxygen atoms in total. The Labute approximate surface area is 196 Å². The smallest absolute Gasteiger partial charge is 0.276 e. The van der Waals surface area contributed by atoms with E-state index in [0.717, 1.165) is 37.2 Å². The van der Waals surface area contributed by atoms with E-state index in [1.54, 1.807) is 42.6 Å². The highest BCUT2D eigenvalue weighted by Crippen LogP contribution is 2.30. The van der Waals surface area contributed by atoms with Crippen LogP contribution in [0.1, 0.15) is 41.0 Å². The molecule has 2 N–H and O–H groups in total. The summed E-state index contributed by atoms with van der Waals surface area (Å²) < 4.78 is 29.4. The van der Waals surface area contributed by atoms with Gasteiger partial charge in [-0.3, -0.25) is 19.8 Å². The number of hydrogen-bond acceptors (Lipinski definition) is 4. The summed E-state index contributed by atoms with van der Waals surface area (Å²) in [7, 11) is 0. The van der Waals surface area contributed by atoms with Gasteiger partial charge in [-0.2, -0.15) is 5.10 Å². The van der Waals surface area contributed by atoms with Gasteiger partial charge in [0, 0.05) is 23.2 Å².